The smallest absolute Gasteiger partial charge is 0.103 e. The van der Waals surface area contributed by atoms with Crippen molar-refractivity contribution in [3.63, 3.8) is 0 Å². The lowest BCUT2D eigenvalue weighted by Gasteiger charge is -2.05. The summed E-state index contributed by atoms with van der Waals surface area (Å²) in [6, 6.07) is 0. The zero-order chi connectivity index (χ0) is 13.1. The Labute approximate surface area is 112 Å². The summed E-state index contributed by atoms with van der Waals surface area (Å²) in [4.78, 5) is 1.14. The van der Waals surface area contributed by atoms with E-state index in [9.17, 15) is 0 Å². The summed E-state index contributed by atoms with van der Waals surface area (Å²) in [6.45, 7) is 5.99. The van der Waals surface area contributed by atoms with Crippen LogP contribution in [0.25, 0.3) is 0 Å². The first-order chi connectivity index (χ1) is 8.61. The highest BCUT2D eigenvalue weighted by molar-refractivity contribution is 7.99. The van der Waals surface area contributed by atoms with Gasteiger partial charge in [0.1, 0.15) is 5.03 Å². The number of aromatic nitrogens is 4. The molecule has 0 unspecified atom stereocenters. The van der Waals surface area contributed by atoms with Crippen molar-refractivity contribution in [3.05, 3.63) is 23.7 Å². The number of aryl methyl sites for hydroxylation is 3. The molecule has 0 aromatic carbocycles. The van der Waals surface area contributed by atoms with Gasteiger partial charge in [0.15, 0.2) is 0 Å². The van der Waals surface area contributed by atoms with E-state index in [4.69, 9.17) is 0 Å². The van der Waals surface area contributed by atoms with Crippen molar-refractivity contribution in [1.82, 2.24) is 24.9 Å². The second-order valence-corrected chi connectivity index (χ2v) is 5.29. The summed E-state index contributed by atoms with van der Waals surface area (Å²) in [7, 11) is 3.92. The van der Waals surface area contributed by atoms with Crippen molar-refractivity contribution in [2.45, 2.75) is 30.3 Å². The summed E-state index contributed by atoms with van der Waals surface area (Å²) in [5, 5.41) is 13.2. The van der Waals surface area contributed by atoms with E-state index in [1.807, 2.05) is 35.9 Å². The maximum absolute atomic E-state index is 4.50. The van der Waals surface area contributed by atoms with Crippen LogP contribution in [0.15, 0.2) is 22.3 Å². The van der Waals surface area contributed by atoms with Gasteiger partial charge in [-0.25, -0.2) is 0 Å². The summed E-state index contributed by atoms with van der Waals surface area (Å²) in [5.41, 5.74) is 2.36. The topological polar surface area (TPSA) is 47.7 Å². The first kappa shape index (κ1) is 13.2. The summed E-state index contributed by atoms with van der Waals surface area (Å²) < 4.78 is 3.76. The maximum Gasteiger partial charge on any atom is 0.103 e. The standard InChI is InChI=1S/C12H19N5S/c1-5-13-7-11-9(2)15-17(4)12(11)18-10-6-14-16(3)8-10/h6,8,13H,5,7H2,1-4H3. The van der Waals surface area contributed by atoms with E-state index in [0.29, 0.717) is 0 Å². The van der Waals surface area contributed by atoms with Crippen LogP contribution in [-0.4, -0.2) is 26.1 Å². The Balaban J connectivity index is 2.25. The van der Waals surface area contributed by atoms with Gasteiger partial charge in [-0.15, -0.1) is 0 Å². The SMILES string of the molecule is CCNCc1c(C)nn(C)c1Sc1cnn(C)c1. The van der Waals surface area contributed by atoms with E-state index >= 15 is 0 Å². The summed E-state index contributed by atoms with van der Waals surface area (Å²) in [5.74, 6) is 0. The minimum absolute atomic E-state index is 0.860. The molecule has 0 atom stereocenters. The van der Waals surface area contributed by atoms with Gasteiger partial charge in [-0.3, -0.25) is 9.36 Å². The average molecular weight is 265 g/mol. The Bertz CT molecular complexity index is 529. The Morgan fingerprint density at radius 2 is 2.17 bits per heavy atom. The predicted molar refractivity (Wildman–Crippen MR) is 72.7 cm³/mol. The first-order valence-electron chi connectivity index (χ1n) is 6.01. The first-order valence-corrected chi connectivity index (χ1v) is 6.83. The highest BCUT2D eigenvalue weighted by atomic mass is 32.2. The molecular weight excluding hydrogens is 246 g/mol. The van der Waals surface area contributed by atoms with Crippen molar-refractivity contribution < 1.29 is 0 Å². The van der Waals surface area contributed by atoms with Crippen molar-refractivity contribution in [2.75, 3.05) is 6.54 Å². The van der Waals surface area contributed by atoms with Gasteiger partial charge in [-0.05, 0) is 13.5 Å². The molecule has 2 aromatic heterocycles. The summed E-state index contributed by atoms with van der Waals surface area (Å²) >= 11 is 1.71. The van der Waals surface area contributed by atoms with E-state index in [0.717, 1.165) is 23.7 Å². The molecule has 0 spiro atoms. The van der Waals surface area contributed by atoms with Crippen LogP contribution in [0.4, 0.5) is 0 Å². The van der Waals surface area contributed by atoms with Gasteiger partial charge in [-0.1, -0.05) is 18.7 Å². The Morgan fingerprint density at radius 3 is 2.78 bits per heavy atom. The normalized spacial score (nSPS) is 11.1. The summed E-state index contributed by atoms with van der Waals surface area (Å²) in [6.07, 6.45) is 3.90. The van der Waals surface area contributed by atoms with Crippen LogP contribution in [-0.2, 0) is 20.6 Å². The minimum atomic E-state index is 0.860. The Hall–Kier alpha value is -1.27. The van der Waals surface area contributed by atoms with Crippen molar-refractivity contribution in [1.29, 1.82) is 0 Å². The molecule has 2 heterocycles. The van der Waals surface area contributed by atoms with Gasteiger partial charge in [0.05, 0.1) is 16.8 Å². The molecule has 2 rings (SSSR count). The number of hydrogen-bond acceptors (Lipinski definition) is 4. The molecule has 0 aliphatic rings. The lowest BCUT2D eigenvalue weighted by Crippen LogP contribution is -2.12. The van der Waals surface area contributed by atoms with Crippen molar-refractivity contribution in [3.8, 4) is 0 Å². The molecule has 5 nitrogen and oxygen atoms in total. The molecule has 0 radical (unpaired) electrons. The molecule has 18 heavy (non-hydrogen) atoms. The van der Waals surface area contributed by atoms with Gasteiger partial charge < -0.3 is 5.32 Å². The van der Waals surface area contributed by atoms with Gasteiger partial charge >= 0.3 is 0 Å². The Morgan fingerprint density at radius 1 is 1.39 bits per heavy atom. The van der Waals surface area contributed by atoms with E-state index in [1.54, 1.807) is 11.8 Å². The van der Waals surface area contributed by atoms with Crippen LogP contribution in [0.1, 0.15) is 18.2 Å². The highest BCUT2D eigenvalue weighted by Crippen LogP contribution is 2.31. The predicted octanol–water partition coefficient (Wildman–Crippen LogP) is 1.72. The molecule has 0 saturated heterocycles. The fourth-order valence-corrected chi connectivity index (χ4v) is 2.87. The molecule has 0 saturated carbocycles. The molecule has 0 amide bonds. The lowest BCUT2D eigenvalue weighted by atomic mass is 10.2. The molecule has 2 aromatic rings. The largest absolute Gasteiger partial charge is 0.313 e. The maximum atomic E-state index is 4.50. The van der Waals surface area contributed by atoms with Crippen molar-refractivity contribution >= 4 is 11.8 Å². The highest BCUT2D eigenvalue weighted by Gasteiger charge is 2.14. The van der Waals surface area contributed by atoms with Gasteiger partial charge in [0, 0.05) is 32.4 Å². The van der Waals surface area contributed by atoms with Gasteiger partial charge in [-0.2, -0.15) is 10.2 Å². The van der Waals surface area contributed by atoms with Crippen LogP contribution < -0.4 is 5.32 Å². The van der Waals surface area contributed by atoms with Crippen LogP contribution in [0.3, 0.4) is 0 Å². The fraction of sp³-hybridized carbons (Fsp3) is 0.500. The number of nitrogens with zero attached hydrogens (tertiary/aromatic N) is 4. The number of hydrogen-bond donors (Lipinski definition) is 1. The van der Waals surface area contributed by atoms with E-state index in [1.165, 1.54) is 10.6 Å². The molecular formula is C12H19N5S. The molecule has 0 bridgehead atoms. The zero-order valence-electron chi connectivity index (χ0n) is 11.3. The van der Waals surface area contributed by atoms with Crippen LogP contribution in [0, 0.1) is 6.92 Å². The second-order valence-electron chi connectivity index (χ2n) is 4.22. The fourth-order valence-electron chi connectivity index (χ4n) is 1.83. The van der Waals surface area contributed by atoms with Crippen LogP contribution in [0.5, 0.6) is 0 Å². The third-order valence-corrected chi connectivity index (χ3v) is 3.89. The van der Waals surface area contributed by atoms with E-state index in [2.05, 4.69) is 29.4 Å². The number of nitrogens with one attached hydrogen (secondary N) is 1. The third-order valence-electron chi connectivity index (χ3n) is 2.74. The molecule has 0 aliphatic carbocycles. The van der Waals surface area contributed by atoms with Crippen LogP contribution in [0.2, 0.25) is 0 Å². The monoisotopic (exact) mass is 265 g/mol. The second kappa shape index (κ2) is 5.58. The lowest BCUT2D eigenvalue weighted by molar-refractivity contribution is 0.674. The molecule has 98 valence electrons. The van der Waals surface area contributed by atoms with E-state index in [-0.39, 0.29) is 0 Å². The molecule has 0 fully saturated rings. The van der Waals surface area contributed by atoms with Crippen LogP contribution >= 0.6 is 11.8 Å². The van der Waals surface area contributed by atoms with Gasteiger partial charge in [0.2, 0.25) is 0 Å². The molecule has 6 heteroatoms. The average Bonchev–Trinajstić information content (AvgIpc) is 2.83. The minimum Gasteiger partial charge on any atom is -0.313 e. The Kier molecular flexibility index (Phi) is 4.08. The van der Waals surface area contributed by atoms with Gasteiger partial charge in [0.25, 0.3) is 0 Å². The molecule has 1 N–H and O–H groups in total. The quantitative estimate of drug-likeness (QED) is 0.894. The number of rotatable bonds is 5. The van der Waals surface area contributed by atoms with E-state index < -0.39 is 0 Å². The molecule has 0 aliphatic heterocycles. The van der Waals surface area contributed by atoms with Crippen molar-refractivity contribution in [2.24, 2.45) is 14.1 Å². The third kappa shape index (κ3) is 2.76. The zero-order valence-corrected chi connectivity index (χ0v) is 12.1.